The number of anilines is 1. The van der Waals surface area contributed by atoms with Crippen LogP contribution >= 0.6 is 0 Å². The second-order valence-corrected chi connectivity index (χ2v) is 7.58. The Morgan fingerprint density at radius 1 is 1.06 bits per heavy atom. The highest BCUT2D eigenvalue weighted by atomic mass is 16.6. The average Bonchev–Trinajstić information content (AvgIpc) is 3.37. The lowest BCUT2D eigenvalue weighted by Gasteiger charge is -2.21. The molecule has 1 aliphatic rings. The monoisotopic (exact) mass is 457 g/mol. The van der Waals surface area contributed by atoms with Gasteiger partial charge in [-0.15, -0.1) is 0 Å². The SMILES string of the molecule is COC(=O)CC(NC(=O)c1ccc(N2CCCC2)c([N+](=O)[O-])c1)c1ccc(OC)c(OC)c1. The van der Waals surface area contributed by atoms with Gasteiger partial charge in [0, 0.05) is 24.7 Å². The molecule has 1 N–H and O–H groups in total. The van der Waals surface area contributed by atoms with Crippen molar-refractivity contribution >= 4 is 23.3 Å². The number of nitro benzene ring substituents is 1. The molecule has 33 heavy (non-hydrogen) atoms. The molecule has 1 amide bonds. The number of esters is 1. The van der Waals surface area contributed by atoms with Crippen LogP contribution in [0.25, 0.3) is 0 Å². The zero-order valence-corrected chi connectivity index (χ0v) is 18.8. The highest BCUT2D eigenvalue weighted by Crippen LogP contribution is 2.33. The quantitative estimate of drug-likeness (QED) is 0.346. The molecular formula is C23H27N3O7. The number of nitrogens with zero attached hydrogens (tertiary/aromatic N) is 2. The summed E-state index contributed by atoms with van der Waals surface area (Å²) in [5, 5.41) is 14.5. The summed E-state index contributed by atoms with van der Waals surface area (Å²) in [4.78, 5) is 38.2. The third-order valence-corrected chi connectivity index (χ3v) is 5.59. The van der Waals surface area contributed by atoms with E-state index < -0.39 is 22.8 Å². The van der Waals surface area contributed by atoms with Crippen LogP contribution in [0.15, 0.2) is 36.4 Å². The van der Waals surface area contributed by atoms with Gasteiger partial charge in [0.05, 0.1) is 38.7 Å². The van der Waals surface area contributed by atoms with Gasteiger partial charge in [0.2, 0.25) is 0 Å². The van der Waals surface area contributed by atoms with Crippen molar-refractivity contribution in [3.8, 4) is 11.5 Å². The van der Waals surface area contributed by atoms with E-state index >= 15 is 0 Å². The highest BCUT2D eigenvalue weighted by Gasteiger charge is 2.26. The van der Waals surface area contributed by atoms with E-state index in [2.05, 4.69) is 5.32 Å². The maximum Gasteiger partial charge on any atom is 0.307 e. The Kier molecular flexibility index (Phi) is 7.70. The molecule has 1 saturated heterocycles. The second-order valence-electron chi connectivity index (χ2n) is 7.58. The van der Waals surface area contributed by atoms with Crippen molar-refractivity contribution in [3.63, 3.8) is 0 Å². The summed E-state index contributed by atoms with van der Waals surface area (Å²) in [7, 11) is 4.25. The van der Waals surface area contributed by atoms with Gasteiger partial charge < -0.3 is 24.4 Å². The molecule has 0 saturated carbocycles. The molecule has 1 unspecified atom stereocenters. The number of carbonyl (C=O) groups excluding carboxylic acids is 2. The van der Waals surface area contributed by atoms with Crippen LogP contribution in [0, 0.1) is 10.1 Å². The van der Waals surface area contributed by atoms with Crippen LogP contribution < -0.4 is 19.7 Å². The Balaban J connectivity index is 1.90. The first-order chi connectivity index (χ1) is 15.9. The second kappa shape index (κ2) is 10.7. The number of nitro groups is 1. The van der Waals surface area contributed by atoms with Crippen molar-refractivity contribution < 1.29 is 28.7 Å². The van der Waals surface area contributed by atoms with Gasteiger partial charge in [0.15, 0.2) is 11.5 Å². The van der Waals surface area contributed by atoms with Crippen molar-refractivity contribution in [1.29, 1.82) is 0 Å². The number of hydrogen-bond donors (Lipinski definition) is 1. The fourth-order valence-electron chi connectivity index (χ4n) is 3.85. The summed E-state index contributed by atoms with van der Waals surface area (Å²) in [6.45, 7) is 1.49. The number of nitrogens with one attached hydrogen (secondary N) is 1. The van der Waals surface area contributed by atoms with E-state index in [1.54, 1.807) is 30.3 Å². The Labute approximate surface area is 191 Å². The Bertz CT molecular complexity index is 1030. The smallest absolute Gasteiger partial charge is 0.307 e. The molecule has 0 spiro atoms. The fourth-order valence-corrected chi connectivity index (χ4v) is 3.85. The number of rotatable bonds is 9. The van der Waals surface area contributed by atoms with Gasteiger partial charge in [-0.05, 0) is 42.7 Å². The zero-order valence-electron chi connectivity index (χ0n) is 18.8. The van der Waals surface area contributed by atoms with Crippen LogP contribution in [0.3, 0.4) is 0 Å². The van der Waals surface area contributed by atoms with Crippen molar-refractivity contribution in [2.45, 2.75) is 25.3 Å². The molecule has 10 heteroatoms. The van der Waals surface area contributed by atoms with E-state index in [-0.39, 0.29) is 17.7 Å². The number of hydrogen-bond acceptors (Lipinski definition) is 8. The molecule has 2 aromatic rings. The molecule has 0 radical (unpaired) electrons. The lowest BCUT2D eigenvalue weighted by Crippen LogP contribution is -2.30. The van der Waals surface area contributed by atoms with Crippen molar-refractivity contribution in [2.24, 2.45) is 0 Å². The standard InChI is InChI=1S/C23H27N3O7/c1-31-20-9-7-15(13-21(20)32-2)17(14-22(27)33-3)24-23(28)16-6-8-18(19(12-16)26(29)30)25-10-4-5-11-25/h6-9,12-13,17H,4-5,10-11,14H2,1-3H3,(H,24,28). The molecule has 1 atom stereocenters. The third-order valence-electron chi connectivity index (χ3n) is 5.59. The van der Waals surface area contributed by atoms with Gasteiger partial charge in [-0.1, -0.05) is 6.07 Å². The summed E-state index contributed by atoms with van der Waals surface area (Å²) in [6.07, 6.45) is 1.81. The molecule has 10 nitrogen and oxygen atoms in total. The van der Waals surface area contributed by atoms with Crippen LogP contribution in [0.4, 0.5) is 11.4 Å². The summed E-state index contributed by atoms with van der Waals surface area (Å²) >= 11 is 0. The van der Waals surface area contributed by atoms with Gasteiger partial charge in [0.25, 0.3) is 11.6 Å². The molecule has 176 valence electrons. The van der Waals surface area contributed by atoms with Gasteiger partial charge in [-0.2, -0.15) is 0 Å². The van der Waals surface area contributed by atoms with Crippen molar-refractivity contribution in [1.82, 2.24) is 5.32 Å². The minimum atomic E-state index is -0.748. The lowest BCUT2D eigenvalue weighted by atomic mass is 10.0. The first-order valence-corrected chi connectivity index (χ1v) is 10.5. The summed E-state index contributed by atoms with van der Waals surface area (Å²) in [5.41, 5.74) is 1.09. The van der Waals surface area contributed by atoms with Gasteiger partial charge in [-0.3, -0.25) is 19.7 Å². The molecule has 0 aromatic heterocycles. The van der Waals surface area contributed by atoms with E-state index in [1.807, 2.05) is 4.90 Å². The molecule has 1 heterocycles. The van der Waals surface area contributed by atoms with Crippen LogP contribution in [0.1, 0.15) is 41.2 Å². The van der Waals surface area contributed by atoms with E-state index in [0.29, 0.717) is 22.7 Å². The summed E-state index contributed by atoms with van der Waals surface area (Å²) in [5.74, 6) is -0.137. The first-order valence-electron chi connectivity index (χ1n) is 10.5. The number of carbonyl (C=O) groups is 2. The number of ether oxygens (including phenoxy) is 3. The molecule has 1 fully saturated rings. The summed E-state index contributed by atoms with van der Waals surface area (Å²) < 4.78 is 15.3. The van der Waals surface area contributed by atoms with E-state index in [4.69, 9.17) is 14.2 Å². The van der Waals surface area contributed by atoms with Gasteiger partial charge >= 0.3 is 5.97 Å². The Morgan fingerprint density at radius 3 is 2.36 bits per heavy atom. The fraction of sp³-hybridized carbons (Fsp3) is 0.391. The summed E-state index contributed by atoms with van der Waals surface area (Å²) in [6, 6.07) is 8.71. The predicted octanol–water partition coefficient (Wildman–Crippen LogP) is 3.25. The van der Waals surface area contributed by atoms with Crippen LogP contribution in [-0.4, -0.2) is 51.2 Å². The molecule has 3 rings (SSSR count). The van der Waals surface area contributed by atoms with E-state index in [0.717, 1.165) is 25.9 Å². The number of amides is 1. The van der Waals surface area contributed by atoms with Crippen LogP contribution in [-0.2, 0) is 9.53 Å². The molecule has 0 aliphatic carbocycles. The molecule has 2 aromatic carbocycles. The van der Waals surface area contributed by atoms with Crippen LogP contribution in [0.2, 0.25) is 0 Å². The number of methoxy groups -OCH3 is 3. The third kappa shape index (κ3) is 5.51. The molecular weight excluding hydrogens is 430 g/mol. The van der Waals surface area contributed by atoms with E-state index in [1.165, 1.54) is 27.4 Å². The van der Waals surface area contributed by atoms with Gasteiger partial charge in [-0.25, -0.2) is 0 Å². The minimum absolute atomic E-state index is 0.125. The largest absolute Gasteiger partial charge is 0.493 e. The van der Waals surface area contributed by atoms with Crippen molar-refractivity contribution in [2.75, 3.05) is 39.3 Å². The normalized spacial score (nSPS) is 13.8. The Hall–Kier alpha value is -3.82. The maximum atomic E-state index is 13.0. The lowest BCUT2D eigenvalue weighted by molar-refractivity contribution is -0.384. The highest BCUT2D eigenvalue weighted by molar-refractivity contribution is 5.96. The molecule has 1 aliphatic heterocycles. The maximum absolute atomic E-state index is 13.0. The first kappa shape index (κ1) is 23.8. The predicted molar refractivity (Wildman–Crippen MR) is 121 cm³/mol. The zero-order chi connectivity index (χ0) is 24.0. The molecule has 0 bridgehead atoms. The van der Waals surface area contributed by atoms with Crippen LogP contribution in [0.5, 0.6) is 11.5 Å². The van der Waals surface area contributed by atoms with Crippen molar-refractivity contribution in [3.05, 3.63) is 57.6 Å². The van der Waals surface area contributed by atoms with Gasteiger partial charge in [0.1, 0.15) is 5.69 Å². The van der Waals surface area contributed by atoms with E-state index in [9.17, 15) is 19.7 Å². The minimum Gasteiger partial charge on any atom is -0.493 e. The average molecular weight is 457 g/mol. The Morgan fingerprint density at radius 2 is 1.76 bits per heavy atom. The topological polar surface area (TPSA) is 120 Å². The number of benzene rings is 2.